The number of hydrogen-bond acceptors (Lipinski definition) is 3. The van der Waals surface area contributed by atoms with Gasteiger partial charge in [-0.1, -0.05) is 27.7 Å². The highest BCUT2D eigenvalue weighted by molar-refractivity contribution is 7.76. The van der Waals surface area contributed by atoms with E-state index in [1.165, 1.54) is 14.0 Å². The van der Waals surface area contributed by atoms with E-state index >= 15 is 0 Å². The predicted octanol–water partition coefficient (Wildman–Crippen LogP) is 3.53. The molecular weight excluding hydrogens is 211 g/mol. The number of hydrogen-bond donors (Lipinski definition) is 0. The molecule has 0 fully saturated rings. The zero-order chi connectivity index (χ0) is 12.3. The third-order valence-electron chi connectivity index (χ3n) is 2.29. The Hall–Kier alpha value is -0.140. The van der Waals surface area contributed by atoms with Gasteiger partial charge in [0, 0.05) is 20.2 Å². The van der Waals surface area contributed by atoms with Crippen molar-refractivity contribution < 1.29 is 13.9 Å². The molecule has 0 heterocycles. The van der Waals surface area contributed by atoms with Crippen LogP contribution in [0.1, 0.15) is 41.0 Å². The summed E-state index contributed by atoms with van der Waals surface area (Å²) >= 11 is 0. The van der Waals surface area contributed by atoms with Crippen molar-refractivity contribution in [2.24, 2.45) is 11.3 Å². The summed E-state index contributed by atoms with van der Waals surface area (Å²) in [4.78, 5) is 11.2. The minimum Gasteiger partial charge on any atom is -0.327 e. The minimum absolute atomic E-state index is 0.189. The van der Waals surface area contributed by atoms with Gasteiger partial charge in [0.2, 0.25) is 5.52 Å². The third kappa shape index (κ3) is 5.48. The van der Waals surface area contributed by atoms with Crippen LogP contribution in [0, 0.1) is 11.3 Å². The van der Waals surface area contributed by atoms with E-state index in [2.05, 4.69) is 20.8 Å². The second-order valence-electron chi connectivity index (χ2n) is 5.43. The maximum atomic E-state index is 12.0. The van der Waals surface area contributed by atoms with Crippen molar-refractivity contribution >= 4 is 12.9 Å². The average Bonchev–Trinajstić information content (AvgIpc) is 1.99. The summed E-state index contributed by atoms with van der Waals surface area (Å²) in [5.74, 6) is 0.236. The predicted molar refractivity (Wildman–Crippen MR) is 63.4 cm³/mol. The molecule has 0 rings (SSSR count). The monoisotopic (exact) mass is 234 g/mol. The fourth-order valence-electron chi connectivity index (χ4n) is 1.85. The van der Waals surface area contributed by atoms with Gasteiger partial charge in [-0.05, 0) is 17.8 Å². The zero-order valence-corrected chi connectivity index (χ0v) is 11.6. The summed E-state index contributed by atoms with van der Waals surface area (Å²) in [6.07, 6.45) is 1.30. The highest BCUT2D eigenvalue weighted by Gasteiger charge is 2.31. The van der Waals surface area contributed by atoms with Gasteiger partial charge in [0.1, 0.15) is 0 Å². The molecule has 3 nitrogen and oxygen atoms in total. The molecule has 0 aromatic heterocycles. The summed E-state index contributed by atoms with van der Waals surface area (Å²) in [6, 6.07) is 0. The van der Waals surface area contributed by atoms with Crippen LogP contribution in [0.4, 0.5) is 0 Å². The highest BCUT2D eigenvalue weighted by atomic mass is 31.2. The first-order valence-electron chi connectivity index (χ1n) is 5.26. The fourth-order valence-corrected chi connectivity index (χ4v) is 3.46. The zero-order valence-electron chi connectivity index (χ0n) is 10.7. The van der Waals surface area contributed by atoms with Crippen LogP contribution in [0.2, 0.25) is 0 Å². The van der Waals surface area contributed by atoms with E-state index in [0.717, 1.165) is 6.42 Å². The Morgan fingerprint density at radius 1 is 1.40 bits per heavy atom. The van der Waals surface area contributed by atoms with E-state index in [9.17, 15) is 9.36 Å². The Balaban J connectivity index is 4.45. The van der Waals surface area contributed by atoms with Gasteiger partial charge in [0.25, 0.3) is 7.37 Å². The lowest BCUT2D eigenvalue weighted by molar-refractivity contribution is -0.110. The van der Waals surface area contributed by atoms with Gasteiger partial charge in [-0.25, -0.2) is 0 Å². The Bertz CT molecular complexity index is 265. The lowest BCUT2D eigenvalue weighted by atomic mass is 9.86. The van der Waals surface area contributed by atoms with Crippen molar-refractivity contribution in [3.05, 3.63) is 0 Å². The lowest BCUT2D eigenvalue weighted by Crippen LogP contribution is -2.16. The van der Waals surface area contributed by atoms with E-state index in [4.69, 9.17) is 4.52 Å². The van der Waals surface area contributed by atoms with Crippen LogP contribution in [0.25, 0.3) is 0 Å². The summed E-state index contributed by atoms with van der Waals surface area (Å²) in [5, 5.41) is 0. The summed E-state index contributed by atoms with van der Waals surface area (Å²) in [5.41, 5.74) is -0.139. The molecular formula is C11H23O3P. The van der Waals surface area contributed by atoms with E-state index in [1.807, 2.05) is 6.92 Å². The van der Waals surface area contributed by atoms with Crippen molar-refractivity contribution in [2.45, 2.75) is 41.0 Å². The van der Waals surface area contributed by atoms with E-state index in [-0.39, 0.29) is 16.9 Å². The van der Waals surface area contributed by atoms with Crippen molar-refractivity contribution in [1.82, 2.24) is 0 Å². The first kappa shape index (κ1) is 14.9. The Kier molecular flexibility index (Phi) is 5.22. The molecule has 0 spiro atoms. The van der Waals surface area contributed by atoms with Gasteiger partial charge in [-0.15, -0.1) is 0 Å². The molecule has 2 atom stereocenters. The van der Waals surface area contributed by atoms with Crippen LogP contribution < -0.4 is 0 Å². The normalized spacial score (nSPS) is 18.3. The Labute approximate surface area is 93.0 Å². The molecule has 0 amide bonds. The molecule has 0 aliphatic carbocycles. The summed E-state index contributed by atoms with van der Waals surface area (Å²) in [7, 11) is -1.70. The molecule has 0 radical (unpaired) electrons. The van der Waals surface area contributed by atoms with Gasteiger partial charge >= 0.3 is 0 Å². The molecule has 0 aliphatic rings. The van der Waals surface area contributed by atoms with Gasteiger partial charge in [0.05, 0.1) is 0 Å². The SMILES string of the molecule is COP(=O)(CC(C)CC(C)(C)C)C(C)=O. The van der Waals surface area contributed by atoms with Crippen LogP contribution in [0.5, 0.6) is 0 Å². The molecule has 0 bridgehead atoms. The minimum atomic E-state index is -3.05. The van der Waals surface area contributed by atoms with Crippen LogP contribution in [0.15, 0.2) is 0 Å². The fraction of sp³-hybridized carbons (Fsp3) is 0.909. The molecule has 0 aromatic carbocycles. The maximum Gasteiger partial charge on any atom is 0.266 e. The largest absolute Gasteiger partial charge is 0.327 e. The van der Waals surface area contributed by atoms with Crippen molar-refractivity contribution in [3.8, 4) is 0 Å². The van der Waals surface area contributed by atoms with E-state index in [1.54, 1.807) is 0 Å². The van der Waals surface area contributed by atoms with Crippen molar-refractivity contribution in [1.29, 1.82) is 0 Å². The first-order chi connectivity index (χ1) is 6.60. The summed E-state index contributed by atoms with van der Waals surface area (Å²) in [6.45, 7) is 9.76. The van der Waals surface area contributed by atoms with E-state index < -0.39 is 7.37 Å². The number of carbonyl (C=O) groups excluding carboxylic acids is 1. The van der Waals surface area contributed by atoms with Gasteiger partial charge < -0.3 is 4.52 Å². The Morgan fingerprint density at radius 3 is 2.13 bits per heavy atom. The Morgan fingerprint density at radius 2 is 1.87 bits per heavy atom. The standard InChI is InChI=1S/C11H23O3P/c1-9(7-11(3,4)5)8-15(13,14-6)10(2)12/h9H,7-8H2,1-6H3. The van der Waals surface area contributed by atoms with Crippen LogP contribution in [-0.4, -0.2) is 18.8 Å². The van der Waals surface area contributed by atoms with Crippen molar-refractivity contribution in [2.75, 3.05) is 13.3 Å². The summed E-state index contributed by atoms with van der Waals surface area (Å²) < 4.78 is 16.9. The highest BCUT2D eigenvalue weighted by Crippen LogP contribution is 2.49. The lowest BCUT2D eigenvalue weighted by Gasteiger charge is -2.25. The van der Waals surface area contributed by atoms with E-state index in [0.29, 0.717) is 6.16 Å². The second-order valence-corrected chi connectivity index (χ2v) is 8.13. The van der Waals surface area contributed by atoms with Crippen LogP contribution >= 0.6 is 7.37 Å². The maximum absolute atomic E-state index is 12.0. The van der Waals surface area contributed by atoms with Crippen LogP contribution in [-0.2, 0) is 13.9 Å². The molecule has 0 N–H and O–H groups in total. The quantitative estimate of drug-likeness (QED) is 0.683. The van der Waals surface area contributed by atoms with Crippen molar-refractivity contribution in [3.63, 3.8) is 0 Å². The van der Waals surface area contributed by atoms with Gasteiger partial charge in [0.15, 0.2) is 0 Å². The van der Waals surface area contributed by atoms with Crippen LogP contribution in [0.3, 0.4) is 0 Å². The van der Waals surface area contributed by atoms with Gasteiger partial charge in [-0.3, -0.25) is 9.36 Å². The number of carbonyl (C=O) groups is 1. The molecule has 2 unspecified atom stereocenters. The van der Waals surface area contributed by atoms with Gasteiger partial charge in [-0.2, -0.15) is 0 Å². The molecule has 4 heteroatoms. The topological polar surface area (TPSA) is 43.4 Å². The molecule has 90 valence electrons. The molecule has 0 saturated carbocycles. The first-order valence-corrected chi connectivity index (χ1v) is 7.07. The smallest absolute Gasteiger partial charge is 0.266 e. The molecule has 15 heavy (non-hydrogen) atoms. The molecule has 0 aromatic rings. The molecule has 0 aliphatic heterocycles. The molecule has 0 saturated heterocycles. The third-order valence-corrected chi connectivity index (χ3v) is 4.94. The number of rotatable bonds is 5. The second kappa shape index (κ2) is 5.27. The average molecular weight is 234 g/mol.